The molecule has 0 N–H and O–H groups in total. The average molecular weight is 494 g/mol. The Balaban J connectivity index is 1.60. The van der Waals surface area contributed by atoms with Crippen molar-refractivity contribution >= 4 is 37.6 Å². The number of hydrogen-bond acceptors (Lipinski definition) is 3. The second-order valence-corrected chi connectivity index (χ2v) is 9.11. The lowest BCUT2D eigenvalue weighted by Gasteiger charge is -2.40. The molecule has 4 rings (SSSR count). The van der Waals surface area contributed by atoms with Gasteiger partial charge in [0.05, 0.1) is 13.2 Å². The fraction of sp³-hybridized carbons (Fsp3) is 0.409. The lowest BCUT2D eigenvalue weighted by atomic mass is 9.72. The van der Waals surface area contributed by atoms with E-state index in [1.165, 1.54) is 0 Å². The molecule has 2 fully saturated rings. The molecular weight excluding hydrogens is 472 g/mol. The predicted octanol–water partition coefficient (Wildman–Crippen LogP) is 5.34. The zero-order valence-electron chi connectivity index (χ0n) is 15.0. The summed E-state index contributed by atoms with van der Waals surface area (Å²) in [6.45, 7) is 1.22. The van der Waals surface area contributed by atoms with Gasteiger partial charge in [0.2, 0.25) is 0 Å². The highest BCUT2D eigenvalue weighted by molar-refractivity contribution is 9.10. The largest absolute Gasteiger partial charge is 0.347 e. The Bertz CT molecular complexity index is 768. The zero-order valence-corrected chi connectivity index (χ0v) is 18.2. The number of halogens is 2. The first-order chi connectivity index (χ1) is 13.1. The standard InChI is InChI=1S/C22H22Br2O3/c23-19-7-3-1-5-15(19)11-17-13-22(26-9-10-27-22)14-18(21(17)25)12-16-6-2-4-8-20(16)24/h1-8,17-18H,9-14H2/t17-,18-/m0/s1. The van der Waals surface area contributed by atoms with Crippen molar-refractivity contribution in [1.29, 1.82) is 0 Å². The van der Waals surface area contributed by atoms with Gasteiger partial charge in [-0.1, -0.05) is 68.3 Å². The van der Waals surface area contributed by atoms with Crippen molar-refractivity contribution in [1.82, 2.24) is 0 Å². The number of hydrogen-bond donors (Lipinski definition) is 0. The van der Waals surface area contributed by atoms with E-state index >= 15 is 0 Å². The molecule has 2 aliphatic rings. The van der Waals surface area contributed by atoms with Gasteiger partial charge in [0.1, 0.15) is 5.78 Å². The second-order valence-electron chi connectivity index (χ2n) is 7.40. The third-order valence-electron chi connectivity index (χ3n) is 5.58. The zero-order chi connectivity index (χ0) is 18.9. The van der Waals surface area contributed by atoms with Crippen LogP contribution < -0.4 is 0 Å². The Morgan fingerprint density at radius 2 is 1.26 bits per heavy atom. The molecule has 1 heterocycles. The van der Waals surface area contributed by atoms with Gasteiger partial charge >= 0.3 is 0 Å². The first-order valence-corrected chi connectivity index (χ1v) is 10.9. The Morgan fingerprint density at radius 1 is 0.815 bits per heavy atom. The van der Waals surface area contributed by atoms with E-state index in [0.717, 1.165) is 20.1 Å². The quantitative estimate of drug-likeness (QED) is 0.577. The molecule has 5 heteroatoms. The number of ketones is 1. The van der Waals surface area contributed by atoms with Crippen molar-refractivity contribution in [2.24, 2.45) is 11.8 Å². The van der Waals surface area contributed by atoms with Crippen LogP contribution in [0.2, 0.25) is 0 Å². The van der Waals surface area contributed by atoms with Gasteiger partial charge in [-0.15, -0.1) is 0 Å². The second kappa shape index (κ2) is 8.16. The lowest BCUT2D eigenvalue weighted by Crippen LogP contribution is -2.46. The van der Waals surface area contributed by atoms with E-state index in [2.05, 4.69) is 44.0 Å². The summed E-state index contributed by atoms with van der Waals surface area (Å²) in [5, 5.41) is 0. The van der Waals surface area contributed by atoms with Crippen LogP contribution in [-0.2, 0) is 27.1 Å². The number of ether oxygens (including phenoxy) is 2. The fourth-order valence-electron chi connectivity index (χ4n) is 4.31. The number of benzene rings is 2. The summed E-state index contributed by atoms with van der Waals surface area (Å²) < 4.78 is 14.2. The minimum absolute atomic E-state index is 0.0944. The Kier molecular flexibility index (Phi) is 5.83. The molecule has 1 spiro atoms. The maximum Gasteiger partial charge on any atom is 0.169 e. The van der Waals surface area contributed by atoms with E-state index in [9.17, 15) is 4.79 Å². The van der Waals surface area contributed by atoms with Crippen molar-refractivity contribution in [3.63, 3.8) is 0 Å². The van der Waals surface area contributed by atoms with Gasteiger partial charge in [0.15, 0.2) is 5.79 Å². The van der Waals surface area contributed by atoms with Gasteiger partial charge in [0, 0.05) is 33.6 Å². The van der Waals surface area contributed by atoms with Crippen LogP contribution in [0.5, 0.6) is 0 Å². The molecule has 1 aliphatic carbocycles. The molecule has 1 aliphatic heterocycles. The summed E-state index contributed by atoms with van der Waals surface area (Å²) in [7, 11) is 0. The van der Waals surface area contributed by atoms with Gasteiger partial charge in [-0.2, -0.15) is 0 Å². The van der Waals surface area contributed by atoms with Crippen LogP contribution in [0.25, 0.3) is 0 Å². The smallest absolute Gasteiger partial charge is 0.169 e. The molecule has 3 nitrogen and oxygen atoms in total. The maximum absolute atomic E-state index is 13.4. The fourth-order valence-corrected chi connectivity index (χ4v) is 5.20. The van der Waals surface area contributed by atoms with Crippen LogP contribution in [0.3, 0.4) is 0 Å². The highest BCUT2D eigenvalue weighted by atomic mass is 79.9. The summed E-state index contributed by atoms with van der Waals surface area (Å²) in [4.78, 5) is 13.4. The molecule has 1 saturated heterocycles. The summed E-state index contributed by atoms with van der Waals surface area (Å²) in [6.07, 6.45) is 2.70. The van der Waals surface area contributed by atoms with E-state index in [0.29, 0.717) is 44.7 Å². The molecule has 2 aromatic carbocycles. The minimum Gasteiger partial charge on any atom is -0.347 e. The third kappa shape index (κ3) is 4.21. The van der Waals surface area contributed by atoms with Crippen LogP contribution >= 0.6 is 31.9 Å². The number of carbonyl (C=O) groups excluding carboxylic acids is 1. The van der Waals surface area contributed by atoms with Crippen molar-refractivity contribution in [2.75, 3.05) is 13.2 Å². The molecule has 27 heavy (non-hydrogen) atoms. The Labute approximate surface area is 176 Å². The van der Waals surface area contributed by atoms with Crippen LogP contribution in [0.4, 0.5) is 0 Å². The molecule has 0 amide bonds. The lowest BCUT2D eigenvalue weighted by molar-refractivity contribution is -0.198. The molecule has 2 aromatic rings. The van der Waals surface area contributed by atoms with E-state index in [1.54, 1.807) is 0 Å². The van der Waals surface area contributed by atoms with Crippen LogP contribution in [-0.4, -0.2) is 24.8 Å². The topological polar surface area (TPSA) is 35.5 Å². The summed E-state index contributed by atoms with van der Waals surface area (Å²) >= 11 is 7.23. The molecule has 142 valence electrons. The molecule has 0 aromatic heterocycles. The van der Waals surface area contributed by atoms with Gasteiger partial charge in [-0.05, 0) is 36.1 Å². The average Bonchev–Trinajstić information content (AvgIpc) is 3.10. The molecule has 0 bridgehead atoms. The van der Waals surface area contributed by atoms with E-state index in [1.807, 2.05) is 36.4 Å². The van der Waals surface area contributed by atoms with Gasteiger partial charge in [-0.3, -0.25) is 4.79 Å². The summed E-state index contributed by atoms with van der Waals surface area (Å²) in [6, 6.07) is 16.2. The number of rotatable bonds is 4. The van der Waals surface area contributed by atoms with Crippen molar-refractivity contribution in [3.05, 3.63) is 68.6 Å². The Morgan fingerprint density at radius 3 is 1.70 bits per heavy atom. The van der Waals surface area contributed by atoms with Gasteiger partial charge in [0.25, 0.3) is 0 Å². The molecular formula is C22H22Br2O3. The predicted molar refractivity (Wildman–Crippen MR) is 112 cm³/mol. The van der Waals surface area contributed by atoms with Crippen molar-refractivity contribution in [3.8, 4) is 0 Å². The maximum atomic E-state index is 13.4. The number of Topliss-reactive ketones (excluding diaryl/α,β-unsaturated/α-hetero) is 1. The summed E-state index contributed by atoms with van der Waals surface area (Å²) in [5.41, 5.74) is 2.32. The first-order valence-electron chi connectivity index (χ1n) is 9.35. The molecule has 1 saturated carbocycles. The SMILES string of the molecule is O=C1[C@@H](Cc2ccccc2Br)CC2(C[C@@H]1Cc1ccccc1Br)OCCO2. The highest BCUT2D eigenvalue weighted by Crippen LogP contribution is 2.43. The molecule has 0 radical (unpaired) electrons. The van der Waals surface area contributed by atoms with E-state index < -0.39 is 5.79 Å². The monoisotopic (exact) mass is 492 g/mol. The highest BCUT2D eigenvalue weighted by Gasteiger charge is 2.49. The third-order valence-corrected chi connectivity index (χ3v) is 7.13. The van der Waals surface area contributed by atoms with E-state index in [4.69, 9.17) is 9.47 Å². The minimum atomic E-state index is -0.605. The van der Waals surface area contributed by atoms with Gasteiger partial charge < -0.3 is 9.47 Å². The van der Waals surface area contributed by atoms with Crippen LogP contribution in [0.15, 0.2) is 57.5 Å². The Hall–Kier alpha value is -1.01. The molecule has 0 unspecified atom stereocenters. The van der Waals surface area contributed by atoms with Gasteiger partial charge in [-0.25, -0.2) is 0 Å². The summed E-state index contributed by atoms with van der Waals surface area (Å²) in [5.74, 6) is -0.469. The number of carbonyl (C=O) groups is 1. The van der Waals surface area contributed by atoms with Crippen molar-refractivity contribution in [2.45, 2.75) is 31.5 Å². The normalized spacial score (nSPS) is 24.4. The van der Waals surface area contributed by atoms with Crippen LogP contribution in [0, 0.1) is 11.8 Å². The molecule has 2 atom stereocenters. The van der Waals surface area contributed by atoms with Crippen molar-refractivity contribution < 1.29 is 14.3 Å². The van der Waals surface area contributed by atoms with E-state index in [-0.39, 0.29) is 11.8 Å². The first kappa shape index (κ1) is 19.3. The van der Waals surface area contributed by atoms with Crippen LogP contribution in [0.1, 0.15) is 24.0 Å².